The smallest absolute Gasteiger partial charge is 0.268 e. The number of thiazole rings is 1. The predicted molar refractivity (Wildman–Crippen MR) is 205 cm³/mol. The number of thiocarbonyl (C=S) groups is 2. The molecule has 3 N–H and O–H groups in total. The van der Waals surface area contributed by atoms with E-state index >= 15 is 0 Å². The SMILES string of the molecule is C1CSCCN1.C1CSCCN1.CN(C)C(=S)SSC(=S)N(C)C.O=S(=O)(NC1CCCCC1)c1nc2ccccc2s1. The van der Waals surface area contributed by atoms with Crippen LogP contribution in [0.5, 0.6) is 0 Å². The van der Waals surface area contributed by atoms with E-state index in [1.165, 1.54) is 88.5 Å². The first-order chi connectivity index (χ1) is 20.6. The molecule has 0 spiro atoms. The summed E-state index contributed by atoms with van der Waals surface area (Å²) in [6.07, 6.45) is 5.29. The number of hydrogen-bond donors (Lipinski definition) is 3. The lowest BCUT2D eigenvalue weighted by atomic mass is 9.96. The van der Waals surface area contributed by atoms with Gasteiger partial charge in [0.15, 0.2) is 0 Å². The second kappa shape index (κ2) is 22.6. The monoisotopic (exact) mass is 742 g/mol. The highest BCUT2D eigenvalue weighted by molar-refractivity contribution is 8.89. The third kappa shape index (κ3) is 17.0. The number of fused-ring (bicyclic) bond motifs is 1. The highest BCUT2D eigenvalue weighted by atomic mass is 33.1. The molecule has 0 amide bonds. The van der Waals surface area contributed by atoms with Crippen LogP contribution in [-0.2, 0) is 10.0 Å². The molecule has 3 fully saturated rings. The van der Waals surface area contributed by atoms with E-state index in [1.54, 1.807) is 0 Å². The van der Waals surface area contributed by atoms with Gasteiger partial charge in [0.1, 0.15) is 8.64 Å². The van der Waals surface area contributed by atoms with Crippen LogP contribution in [0.25, 0.3) is 10.2 Å². The minimum Gasteiger partial charge on any atom is -0.363 e. The van der Waals surface area contributed by atoms with Gasteiger partial charge in [0.2, 0.25) is 4.34 Å². The van der Waals surface area contributed by atoms with Gasteiger partial charge in [-0.1, -0.05) is 55.8 Å². The van der Waals surface area contributed by atoms with Crippen molar-refractivity contribution < 1.29 is 8.42 Å². The normalized spacial score (nSPS) is 17.2. The predicted octanol–water partition coefficient (Wildman–Crippen LogP) is 5.61. The maximum atomic E-state index is 12.3. The molecule has 2 aromatic rings. The fraction of sp³-hybridized carbons (Fsp3) is 0.667. The molecule has 8 nitrogen and oxygen atoms in total. The summed E-state index contributed by atoms with van der Waals surface area (Å²) in [6.45, 7) is 4.85. The lowest BCUT2D eigenvalue weighted by Gasteiger charge is -2.21. The molecular weight excluding hydrogens is 697 g/mol. The number of para-hydroxylation sites is 1. The summed E-state index contributed by atoms with van der Waals surface area (Å²) in [5.41, 5.74) is 0.747. The number of thioether (sulfide) groups is 2. The standard InChI is InChI=1S/C13H16N2O2S2.C6H12N2S4.2C4H9NS/c16-19(17,15-10-6-2-1-3-7-10)13-14-11-8-4-5-9-12(11)18-13;1-7(2)5(9)11-12-6(10)8(3)4;2*1-3-6-4-2-5-1/h4-5,8-10,15H,1-3,6-7H2;1-4H3;2*5H,1-4H2. The van der Waals surface area contributed by atoms with Gasteiger partial charge in [-0.25, -0.2) is 18.1 Å². The average Bonchev–Trinajstić information content (AvgIpc) is 3.48. The zero-order chi connectivity index (χ0) is 31.5. The molecule has 2 aliphatic heterocycles. The molecular formula is C27H46N6O2S8. The van der Waals surface area contributed by atoms with Gasteiger partial charge in [-0.05, 0) is 46.6 Å². The highest BCUT2D eigenvalue weighted by Crippen LogP contribution is 2.27. The molecule has 0 bridgehead atoms. The maximum Gasteiger partial charge on any atom is 0.268 e. The zero-order valence-electron chi connectivity index (χ0n) is 25.5. The molecule has 1 aromatic heterocycles. The fourth-order valence-electron chi connectivity index (χ4n) is 3.71. The van der Waals surface area contributed by atoms with Crippen molar-refractivity contribution in [2.24, 2.45) is 0 Å². The van der Waals surface area contributed by atoms with Crippen molar-refractivity contribution in [2.75, 3.05) is 77.4 Å². The van der Waals surface area contributed by atoms with Crippen LogP contribution in [0.3, 0.4) is 0 Å². The second-order valence-electron chi connectivity index (χ2n) is 10.1. The third-order valence-electron chi connectivity index (χ3n) is 6.04. The van der Waals surface area contributed by atoms with Crippen LogP contribution in [-0.4, -0.2) is 115 Å². The van der Waals surface area contributed by atoms with E-state index in [0.29, 0.717) is 0 Å². The summed E-state index contributed by atoms with van der Waals surface area (Å²) >= 11 is 15.4. The van der Waals surface area contributed by atoms with Gasteiger partial charge >= 0.3 is 0 Å². The fourth-order valence-corrected chi connectivity index (χ4v) is 10.2. The van der Waals surface area contributed by atoms with Gasteiger partial charge in [-0.3, -0.25) is 0 Å². The van der Waals surface area contributed by atoms with Crippen molar-refractivity contribution in [3.05, 3.63) is 24.3 Å². The Labute approximate surface area is 290 Å². The van der Waals surface area contributed by atoms with Crippen molar-refractivity contribution in [1.29, 1.82) is 0 Å². The maximum absolute atomic E-state index is 12.3. The van der Waals surface area contributed by atoms with E-state index in [4.69, 9.17) is 24.4 Å². The molecule has 0 atom stereocenters. The van der Waals surface area contributed by atoms with Gasteiger partial charge in [0.05, 0.1) is 10.2 Å². The number of nitrogens with zero attached hydrogens (tertiary/aromatic N) is 3. The van der Waals surface area contributed by atoms with Crippen molar-refractivity contribution >= 4 is 110 Å². The molecule has 2 saturated heterocycles. The molecule has 0 radical (unpaired) electrons. The first-order valence-electron chi connectivity index (χ1n) is 14.3. The van der Waals surface area contributed by atoms with Crippen LogP contribution in [0.2, 0.25) is 0 Å². The van der Waals surface area contributed by atoms with Gasteiger partial charge in [0, 0.05) is 83.4 Å². The zero-order valence-corrected chi connectivity index (χ0v) is 32.0. The summed E-state index contributed by atoms with van der Waals surface area (Å²) in [4.78, 5) is 8.01. The summed E-state index contributed by atoms with van der Waals surface area (Å²) in [6, 6.07) is 7.57. The average molecular weight is 743 g/mol. The van der Waals surface area contributed by atoms with Crippen molar-refractivity contribution in [3.8, 4) is 0 Å². The Hall–Kier alpha value is 0.120. The minimum atomic E-state index is -3.46. The minimum absolute atomic E-state index is 0.0748. The van der Waals surface area contributed by atoms with E-state index in [1.807, 2.05) is 85.8 Å². The Bertz CT molecular complexity index is 1090. The number of hydrogen-bond acceptors (Lipinski definition) is 12. The second-order valence-corrected chi connectivity index (χ2v) is 18.9. The lowest BCUT2D eigenvalue weighted by Crippen LogP contribution is -2.36. The van der Waals surface area contributed by atoms with E-state index in [0.717, 1.165) is 44.5 Å². The molecule has 43 heavy (non-hydrogen) atoms. The lowest BCUT2D eigenvalue weighted by molar-refractivity contribution is 0.412. The summed E-state index contributed by atoms with van der Waals surface area (Å²) in [7, 11) is 7.26. The number of benzene rings is 1. The molecule has 3 heterocycles. The number of sulfonamides is 1. The van der Waals surface area contributed by atoms with Crippen LogP contribution < -0.4 is 15.4 Å². The highest BCUT2D eigenvalue weighted by Gasteiger charge is 2.24. The first kappa shape index (κ1) is 39.3. The van der Waals surface area contributed by atoms with Crippen LogP contribution >= 0.6 is 80.9 Å². The number of aromatic nitrogens is 1. The number of rotatable bonds is 3. The van der Waals surface area contributed by atoms with Crippen molar-refractivity contribution in [2.45, 2.75) is 42.5 Å². The van der Waals surface area contributed by atoms with Gasteiger partial charge in [-0.15, -0.1) is 11.3 Å². The molecule has 1 aliphatic carbocycles. The molecule has 3 aliphatic rings. The van der Waals surface area contributed by atoms with E-state index < -0.39 is 10.0 Å². The summed E-state index contributed by atoms with van der Waals surface area (Å²) in [5.74, 6) is 5.22. The molecule has 1 aromatic carbocycles. The van der Waals surface area contributed by atoms with Crippen LogP contribution in [0.4, 0.5) is 0 Å². The molecule has 244 valence electrons. The van der Waals surface area contributed by atoms with Gasteiger partial charge in [0.25, 0.3) is 10.0 Å². The molecule has 16 heteroatoms. The largest absolute Gasteiger partial charge is 0.363 e. The molecule has 5 rings (SSSR count). The Kier molecular flexibility index (Phi) is 20.7. The van der Waals surface area contributed by atoms with Gasteiger partial charge in [-0.2, -0.15) is 23.5 Å². The van der Waals surface area contributed by atoms with E-state index in [2.05, 4.69) is 20.3 Å². The quantitative estimate of drug-likeness (QED) is 0.269. The van der Waals surface area contributed by atoms with Crippen LogP contribution in [0.1, 0.15) is 32.1 Å². The van der Waals surface area contributed by atoms with Crippen molar-refractivity contribution in [1.82, 2.24) is 30.1 Å². The Balaban J connectivity index is 0.000000228. The van der Waals surface area contributed by atoms with E-state index in [-0.39, 0.29) is 10.4 Å². The van der Waals surface area contributed by atoms with Crippen LogP contribution in [0.15, 0.2) is 28.6 Å². The van der Waals surface area contributed by atoms with Gasteiger partial charge < -0.3 is 20.4 Å². The summed E-state index contributed by atoms with van der Waals surface area (Å²) in [5, 5.41) is 6.53. The molecule has 1 saturated carbocycles. The first-order valence-corrected chi connectivity index (χ1v) is 21.9. The third-order valence-corrected chi connectivity index (χ3v) is 15.1. The topological polar surface area (TPSA) is 89.6 Å². The van der Waals surface area contributed by atoms with Crippen LogP contribution in [0, 0.1) is 0 Å². The number of nitrogens with one attached hydrogen (secondary N) is 3. The summed E-state index contributed by atoms with van der Waals surface area (Å²) < 4.78 is 30.2. The van der Waals surface area contributed by atoms with E-state index in [9.17, 15) is 8.42 Å². The Morgan fingerprint density at radius 2 is 1.35 bits per heavy atom. The Morgan fingerprint density at radius 3 is 1.74 bits per heavy atom. The Morgan fingerprint density at radius 1 is 0.860 bits per heavy atom. The van der Waals surface area contributed by atoms with Crippen molar-refractivity contribution in [3.63, 3.8) is 0 Å². The molecule has 0 unspecified atom stereocenters.